The summed E-state index contributed by atoms with van der Waals surface area (Å²) in [5.74, 6) is -0.861. The number of rotatable bonds is 6. The molecule has 5 heteroatoms. The molecule has 0 aromatic heterocycles. The number of ether oxygens (including phenoxy) is 2. The fourth-order valence-corrected chi connectivity index (χ4v) is 2.09. The molecule has 0 atom stereocenters. The minimum absolute atomic E-state index is 0.425. The average Bonchev–Trinajstić information content (AvgIpc) is 2.56. The van der Waals surface area contributed by atoms with E-state index in [9.17, 15) is 9.59 Å². The lowest BCUT2D eigenvalue weighted by Crippen LogP contribution is -2.30. The number of carbonyl (C=O) groups is 2. The van der Waals surface area contributed by atoms with Crippen molar-refractivity contribution in [3.05, 3.63) is 70.8 Å². The molecule has 0 heterocycles. The van der Waals surface area contributed by atoms with Gasteiger partial charge in [0.05, 0.1) is 13.2 Å². The number of carbonyl (C=O) groups excluding carboxylic acids is 2. The molecule has 0 bridgehead atoms. The maximum absolute atomic E-state index is 12.1. The third-order valence-electron chi connectivity index (χ3n) is 3.28. The number of nitrogens with one attached hydrogen (secondary N) is 1. The first-order chi connectivity index (χ1) is 11.1. The van der Waals surface area contributed by atoms with Gasteiger partial charge in [-0.15, -0.1) is 0 Å². The van der Waals surface area contributed by atoms with Gasteiger partial charge in [0.15, 0.2) is 0 Å². The van der Waals surface area contributed by atoms with E-state index in [-0.39, 0.29) is 0 Å². The largest absolute Gasteiger partial charge is 0.380 e. The molecule has 0 radical (unpaired) electrons. The lowest BCUT2D eigenvalue weighted by atomic mass is 10.1. The van der Waals surface area contributed by atoms with Crippen molar-refractivity contribution in [2.24, 2.45) is 0 Å². The minimum Gasteiger partial charge on any atom is -0.380 e. The Bertz CT molecular complexity index is 603. The molecular weight excluding hydrogens is 294 g/mol. The topological polar surface area (TPSA) is 64.6 Å². The van der Waals surface area contributed by atoms with Crippen molar-refractivity contribution >= 4 is 11.8 Å². The van der Waals surface area contributed by atoms with Crippen LogP contribution in [0.5, 0.6) is 0 Å². The molecule has 0 aliphatic carbocycles. The number of hydrogen-bond acceptors (Lipinski definition) is 4. The molecule has 0 aliphatic rings. The maximum atomic E-state index is 12.1. The standard InChI is InChI=1S/C18H19NO4/c1-22-11-13-3-7-15(8-4-13)17(20)19-18(21)16-9-5-14(6-10-16)12-23-2/h3-10H,11-12H2,1-2H3,(H,19,20,21). The lowest BCUT2D eigenvalue weighted by molar-refractivity contribution is 0.0849. The molecule has 0 fully saturated rings. The zero-order chi connectivity index (χ0) is 16.7. The van der Waals surface area contributed by atoms with Gasteiger partial charge in [-0.05, 0) is 35.4 Å². The summed E-state index contributed by atoms with van der Waals surface area (Å²) < 4.78 is 10.0. The molecule has 0 unspecified atom stereocenters. The van der Waals surface area contributed by atoms with E-state index < -0.39 is 11.8 Å². The van der Waals surface area contributed by atoms with E-state index in [1.807, 2.05) is 0 Å². The van der Waals surface area contributed by atoms with Gasteiger partial charge in [-0.2, -0.15) is 0 Å². The van der Waals surface area contributed by atoms with Crippen molar-refractivity contribution in [2.75, 3.05) is 14.2 Å². The smallest absolute Gasteiger partial charge is 0.258 e. The summed E-state index contributed by atoms with van der Waals surface area (Å²) in [5, 5.41) is 2.38. The van der Waals surface area contributed by atoms with Gasteiger partial charge in [0, 0.05) is 25.3 Å². The van der Waals surface area contributed by atoms with Gasteiger partial charge >= 0.3 is 0 Å². The molecule has 2 aromatic rings. The van der Waals surface area contributed by atoms with Gasteiger partial charge < -0.3 is 9.47 Å². The van der Waals surface area contributed by atoms with Crippen molar-refractivity contribution in [1.82, 2.24) is 5.32 Å². The van der Waals surface area contributed by atoms with E-state index in [2.05, 4.69) is 5.32 Å². The Labute approximate surface area is 135 Å². The number of imide groups is 1. The highest BCUT2D eigenvalue weighted by Crippen LogP contribution is 2.08. The summed E-state index contributed by atoms with van der Waals surface area (Å²) in [6, 6.07) is 13.8. The number of hydrogen-bond donors (Lipinski definition) is 1. The molecule has 0 spiro atoms. The third kappa shape index (κ3) is 4.74. The van der Waals surface area contributed by atoms with Gasteiger partial charge in [-0.3, -0.25) is 14.9 Å². The molecule has 5 nitrogen and oxygen atoms in total. The van der Waals surface area contributed by atoms with E-state index in [1.54, 1.807) is 62.8 Å². The van der Waals surface area contributed by atoms with Gasteiger partial charge in [0.25, 0.3) is 11.8 Å². The van der Waals surface area contributed by atoms with Crippen molar-refractivity contribution in [3.8, 4) is 0 Å². The zero-order valence-corrected chi connectivity index (χ0v) is 13.2. The molecule has 0 aliphatic heterocycles. The highest BCUT2D eigenvalue weighted by atomic mass is 16.5. The van der Waals surface area contributed by atoms with Crippen molar-refractivity contribution in [1.29, 1.82) is 0 Å². The first-order valence-corrected chi connectivity index (χ1v) is 7.15. The molecule has 2 amide bonds. The molecule has 0 saturated carbocycles. The fraction of sp³-hybridized carbons (Fsp3) is 0.222. The second-order valence-electron chi connectivity index (χ2n) is 5.04. The summed E-state index contributed by atoms with van der Waals surface area (Å²) in [4.78, 5) is 24.2. The Morgan fingerprint density at radius 3 is 1.39 bits per heavy atom. The Kier molecular flexibility index (Phi) is 6.02. The SMILES string of the molecule is COCc1ccc(C(=O)NC(=O)c2ccc(COC)cc2)cc1. The number of benzene rings is 2. The molecule has 23 heavy (non-hydrogen) atoms. The van der Waals surface area contributed by atoms with E-state index in [4.69, 9.17) is 9.47 Å². The Balaban J connectivity index is 1.99. The van der Waals surface area contributed by atoms with Crippen molar-refractivity contribution in [3.63, 3.8) is 0 Å². The molecule has 1 N–H and O–H groups in total. The number of amides is 2. The van der Waals surface area contributed by atoms with E-state index in [0.717, 1.165) is 11.1 Å². The van der Waals surface area contributed by atoms with Crippen molar-refractivity contribution in [2.45, 2.75) is 13.2 Å². The van der Waals surface area contributed by atoms with Gasteiger partial charge in [-0.25, -0.2) is 0 Å². The van der Waals surface area contributed by atoms with Gasteiger partial charge in [0.2, 0.25) is 0 Å². The van der Waals surface area contributed by atoms with Crippen LogP contribution in [0.15, 0.2) is 48.5 Å². The second kappa shape index (κ2) is 8.22. The zero-order valence-electron chi connectivity index (χ0n) is 13.2. The Morgan fingerprint density at radius 1 is 0.739 bits per heavy atom. The van der Waals surface area contributed by atoms with Crippen LogP contribution >= 0.6 is 0 Å². The average molecular weight is 313 g/mol. The second-order valence-corrected chi connectivity index (χ2v) is 5.04. The predicted molar refractivity (Wildman–Crippen MR) is 86.1 cm³/mol. The van der Waals surface area contributed by atoms with Crippen LogP contribution in [0, 0.1) is 0 Å². The van der Waals surface area contributed by atoms with Crippen LogP contribution in [0.1, 0.15) is 31.8 Å². The van der Waals surface area contributed by atoms with Crippen LogP contribution in [-0.4, -0.2) is 26.0 Å². The lowest BCUT2D eigenvalue weighted by Gasteiger charge is -2.06. The minimum atomic E-state index is -0.431. The van der Waals surface area contributed by atoms with E-state index in [1.165, 1.54) is 0 Å². The first kappa shape index (κ1) is 16.9. The Hall–Kier alpha value is -2.50. The quantitative estimate of drug-likeness (QED) is 0.832. The Morgan fingerprint density at radius 2 is 1.09 bits per heavy atom. The molecule has 2 aromatic carbocycles. The van der Waals surface area contributed by atoms with Crippen LogP contribution in [-0.2, 0) is 22.7 Å². The fourth-order valence-electron chi connectivity index (χ4n) is 2.09. The van der Waals surface area contributed by atoms with Crippen LogP contribution in [0.3, 0.4) is 0 Å². The monoisotopic (exact) mass is 313 g/mol. The van der Waals surface area contributed by atoms with E-state index in [0.29, 0.717) is 24.3 Å². The summed E-state index contributed by atoms with van der Waals surface area (Å²) in [7, 11) is 3.22. The molecule has 0 saturated heterocycles. The first-order valence-electron chi connectivity index (χ1n) is 7.15. The number of methoxy groups -OCH3 is 2. The summed E-state index contributed by atoms with van der Waals surface area (Å²) in [5.41, 5.74) is 2.77. The molecule has 2 rings (SSSR count). The molecule has 120 valence electrons. The maximum Gasteiger partial charge on any atom is 0.258 e. The molecular formula is C18H19NO4. The summed E-state index contributed by atoms with van der Waals surface area (Å²) in [6.45, 7) is 0.962. The summed E-state index contributed by atoms with van der Waals surface area (Å²) in [6.07, 6.45) is 0. The van der Waals surface area contributed by atoms with Crippen LogP contribution in [0.25, 0.3) is 0 Å². The van der Waals surface area contributed by atoms with Crippen molar-refractivity contribution < 1.29 is 19.1 Å². The predicted octanol–water partition coefficient (Wildman–Crippen LogP) is 2.55. The van der Waals surface area contributed by atoms with E-state index >= 15 is 0 Å². The highest BCUT2D eigenvalue weighted by molar-refractivity contribution is 6.10. The van der Waals surface area contributed by atoms with Gasteiger partial charge in [-0.1, -0.05) is 24.3 Å². The normalized spacial score (nSPS) is 10.3. The van der Waals surface area contributed by atoms with Crippen LogP contribution in [0.2, 0.25) is 0 Å². The van der Waals surface area contributed by atoms with Crippen LogP contribution < -0.4 is 5.32 Å². The summed E-state index contributed by atoms with van der Waals surface area (Å²) >= 11 is 0. The third-order valence-corrected chi connectivity index (χ3v) is 3.28. The van der Waals surface area contributed by atoms with Crippen LogP contribution in [0.4, 0.5) is 0 Å². The van der Waals surface area contributed by atoms with Gasteiger partial charge in [0.1, 0.15) is 0 Å². The highest BCUT2D eigenvalue weighted by Gasteiger charge is 2.12.